The van der Waals surface area contributed by atoms with Crippen molar-refractivity contribution in [3.8, 4) is 11.5 Å². The van der Waals surface area contributed by atoms with Crippen molar-refractivity contribution >= 4 is 5.91 Å². The maximum atomic E-state index is 12.8. The zero-order chi connectivity index (χ0) is 16.6. The molecule has 1 aromatic carbocycles. The van der Waals surface area contributed by atoms with Crippen molar-refractivity contribution in [1.29, 1.82) is 0 Å². The number of fused-ring (bicyclic) bond motifs is 1. The van der Waals surface area contributed by atoms with Gasteiger partial charge in [0.2, 0.25) is 6.79 Å². The van der Waals surface area contributed by atoms with Crippen LogP contribution in [0, 0.1) is 0 Å². The van der Waals surface area contributed by atoms with Gasteiger partial charge in [0.1, 0.15) is 6.04 Å². The number of carbonyl (C=O) groups excluding carboxylic acids is 1. The Morgan fingerprint density at radius 3 is 2.78 bits per heavy atom. The first kappa shape index (κ1) is 15.9. The molecule has 23 heavy (non-hydrogen) atoms. The van der Waals surface area contributed by atoms with Crippen LogP contribution in [0.3, 0.4) is 0 Å². The number of halogens is 3. The summed E-state index contributed by atoms with van der Waals surface area (Å²) in [6.45, 7) is 0.210. The smallest absolute Gasteiger partial charge is 0.404 e. The van der Waals surface area contributed by atoms with E-state index in [-0.39, 0.29) is 38.1 Å². The zero-order valence-electron chi connectivity index (χ0n) is 12.5. The van der Waals surface area contributed by atoms with Crippen LogP contribution in [0.5, 0.6) is 11.5 Å². The minimum atomic E-state index is -4.24. The number of nitrogens with zero attached hydrogens (tertiary/aromatic N) is 1. The third-order valence-electron chi connectivity index (χ3n) is 4.18. The molecule has 8 heteroatoms. The van der Waals surface area contributed by atoms with E-state index in [1.807, 2.05) is 0 Å². The predicted octanol–water partition coefficient (Wildman–Crippen LogP) is 2.17. The number of hydrogen-bond acceptors (Lipinski definition) is 4. The molecule has 3 rings (SSSR count). The Labute approximate surface area is 131 Å². The lowest BCUT2D eigenvalue weighted by atomic mass is 9.98. The number of alkyl halides is 3. The summed E-state index contributed by atoms with van der Waals surface area (Å²) in [6.07, 6.45) is -3.99. The number of amides is 1. The summed E-state index contributed by atoms with van der Waals surface area (Å²) in [5.74, 6) is 0.508. The van der Waals surface area contributed by atoms with Crippen molar-refractivity contribution in [3.63, 3.8) is 0 Å². The fourth-order valence-corrected chi connectivity index (χ4v) is 3.05. The highest BCUT2D eigenvalue weighted by atomic mass is 19.4. The molecule has 2 aliphatic heterocycles. The molecule has 1 aromatic rings. The fourth-order valence-electron chi connectivity index (χ4n) is 3.05. The number of piperidine rings is 1. The third kappa shape index (κ3) is 3.21. The van der Waals surface area contributed by atoms with Crippen LogP contribution in [0.2, 0.25) is 0 Å². The van der Waals surface area contributed by atoms with Gasteiger partial charge in [0.15, 0.2) is 11.5 Å². The van der Waals surface area contributed by atoms with Crippen LogP contribution in [0.4, 0.5) is 13.2 Å². The molecule has 5 nitrogen and oxygen atoms in total. The van der Waals surface area contributed by atoms with Gasteiger partial charge < -0.3 is 14.8 Å². The molecule has 1 amide bonds. The number of nitrogens with one attached hydrogen (secondary N) is 1. The monoisotopic (exact) mass is 330 g/mol. The molecule has 1 fully saturated rings. The predicted molar refractivity (Wildman–Crippen MR) is 75.5 cm³/mol. The molecule has 0 aromatic heterocycles. The number of benzene rings is 1. The van der Waals surface area contributed by atoms with Crippen molar-refractivity contribution < 1.29 is 27.4 Å². The van der Waals surface area contributed by atoms with Crippen LogP contribution in [0.1, 0.15) is 23.2 Å². The number of likely N-dealkylation sites (N-methyl/N-ethyl adjacent to an activating group) is 1. The molecule has 1 N–H and O–H groups in total. The Bertz CT molecular complexity index is 606. The summed E-state index contributed by atoms with van der Waals surface area (Å²) in [7, 11) is 1.42. The van der Waals surface area contributed by atoms with Gasteiger partial charge in [-0.1, -0.05) is 6.07 Å². The van der Waals surface area contributed by atoms with Crippen LogP contribution in [0.15, 0.2) is 18.2 Å². The van der Waals surface area contributed by atoms with E-state index in [0.717, 1.165) is 0 Å². The Morgan fingerprint density at radius 1 is 1.30 bits per heavy atom. The number of hydrogen-bond donors (Lipinski definition) is 1. The average molecular weight is 330 g/mol. The number of carbonyl (C=O) groups is 1. The topological polar surface area (TPSA) is 50.8 Å². The second kappa shape index (κ2) is 5.92. The highest BCUT2D eigenvalue weighted by molar-refractivity contribution is 5.98. The first-order chi connectivity index (χ1) is 10.9. The Hall–Kier alpha value is -1.96. The summed E-state index contributed by atoms with van der Waals surface area (Å²) in [5.41, 5.74) is 0.334. The highest BCUT2D eigenvalue weighted by Gasteiger charge is 2.45. The maximum absolute atomic E-state index is 12.8. The van der Waals surface area contributed by atoms with Crippen molar-refractivity contribution in [3.05, 3.63) is 23.8 Å². The molecule has 0 aliphatic carbocycles. The first-order valence-electron chi connectivity index (χ1n) is 7.32. The molecule has 0 bridgehead atoms. The van der Waals surface area contributed by atoms with E-state index < -0.39 is 12.2 Å². The molecule has 126 valence electrons. The SMILES string of the molecule is CN1C[C@H](NC(=O)c2cccc3c2OCO3)CC[C@H]1C(F)(F)F. The van der Waals surface area contributed by atoms with Gasteiger partial charge in [-0.05, 0) is 32.0 Å². The van der Waals surface area contributed by atoms with Crippen LogP contribution >= 0.6 is 0 Å². The molecule has 0 radical (unpaired) electrons. The Balaban J connectivity index is 1.65. The molecule has 0 unspecified atom stereocenters. The molecule has 0 spiro atoms. The Kier molecular flexibility index (Phi) is 4.09. The van der Waals surface area contributed by atoms with Gasteiger partial charge in [0.25, 0.3) is 5.91 Å². The quantitative estimate of drug-likeness (QED) is 0.903. The second-order valence-electron chi connectivity index (χ2n) is 5.78. The first-order valence-corrected chi connectivity index (χ1v) is 7.32. The van der Waals surface area contributed by atoms with Crippen LogP contribution in [-0.2, 0) is 0 Å². The molecular formula is C15H17F3N2O3. The van der Waals surface area contributed by atoms with E-state index >= 15 is 0 Å². The number of likely N-dealkylation sites (tertiary alicyclic amines) is 1. The maximum Gasteiger partial charge on any atom is 0.404 e. The largest absolute Gasteiger partial charge is 0.454 e. The molecule has 2 atom stereocenters. The van der Waals surface area contributed by atoms with Gasteiger partial charge in [-0.25, -0.2) is 0 Å². The molecule has 2 heterocycles. The molecule has 2 aliphatic rings. The lowest BCUT2D eigenvalue weighted by Gasteiger charge is -2.38. The van der Waals surface area contributed by atoms with Crippen LogP contribution in [0.25, 0.3) is 0 Å². The van der Waals surface area contributed by atoms with E-state index in [9.17, 15) is 18.0 Å². The lowest BCUT2D eigenvalue weighted by Crippen LogP contribution is -2.54. The number of ether oxygens (including phenoxy) is 2. The van der Waals surface area contributed by atoms with Gasteiger partial charge in [0.05, 0.1) is 5.56 Å². The summed E-state index contributed by atoms with van der Waals surface area (Å²) in [4.78, 5) is 13.6. The van der Waals surface area contributed by atoms with Gasteiger partial charge in [-0.2, -0.15) is 13.2 Å². The van der Waals surface area contributed by atoms with Gasteiger partial charge in [-0.3, -0.25) is 9.69 Å². The van der Waals surface area contributed by atoms with E-state index in [0.29, 0.717) is 17.1 Å². The summed E-state index contributed by atoms with van der Waals surface area (Å²) < 4.78 is 49.0. The van der Waals surface area contributed by atoms with E-state index in [2.05, 4.69) is 5.32 Å². The zero-order valence-corrected chi connectivity index (χ0v) is 12.5. The lowest BCUT2D eigenvalue weighted by molar-refractivity contribution is -0.188. The fraction of sp³-hybridized carbons (Fsp3) is 0.533. The van der Waals surface area contributed by atoms with Crippen molar-refractivity contribution in [1.82, 2.24) is 10.2 Å². The number of rotatable bonds is 2. The average Bonchev–Trinajstić information content (AvgIpc) is 2.94. The second-order valence-corrected chi connectivity index (χ2v) is 5.78. The van der Waals surface area contributed by atoms with E-state index in [1.54, 1.807) is 18.2 Å². The minimum Gasteiger partial charge on any atom is -0.454 e. The molecule has 1 saturated heterocycles. The van der Waals surface area contributed by atoms with Crippen LogP contribution in [-0.4, -0.2) is 49.5 Å². The summed E-state index contributed by atoms with van der Waals surface area (Å²) in [6, 6.07) is 3.20. The summed E-state index contributed by atoms with van der Waals surface area (Å²) >= 11 is 0. The van der Waals surface area contributed by atoms with Crippen LogP contribution < -0.4 is 14.8 Å². The molecular weight excluding hydrogens is 313 g/mol. The standard InChI is InChI=1S/C15H17F3N2O3/c1-20-7-9(5-6-12(20)15(16,17)18)19-14(21)10-3-2-4-11-13(10)23-8-22-11/h2-4,9,12H,5-8H2,1H3,(H,19,21)/t9-,12+/m1/s1. The van der Waals surface area contributed by atoms with Crippen molar-refractivity contribution in [2.45, 2.75) is 31.1 Å². The van der Waals surface area contributed by atoms with Gasteiger partial charge >= 0.3 is 6.18 Å². The Morgan fingerprint density at radius 2 is 2.09 bits per heavy atom. The normalized spacial score (nSPS) is 24.5. The summed E-state index contributed by atoms with van der Waals surface area (Å²) in [5, 5.41) is 2.78. The van der Waals surface area contributed by atoms with Crippen molar-refractivity contribution in [2.75, 3.05) is 20.4 Å². The third-order valence-corrected chi connectivity index (χ3v) is 4.18. The molecule has 0 saturated carbocycles. The van der Waals surface area contributed by atoms with Gasteiger partial charge in [0, 0.05) is 12.6 Å². The number of para-hydroxylation sites is 1. The van der Waals surface area contributed by atoms with E-state index in [4.69, 9.17) is 9.47 Å². The highest BCUT2D eigenvalue weighted by Crippen LogP contribution is 2.35. The van der Waals surface area contributed by atoms with Crippen molar-refractivity contribution in [2.24, 2.45) is 0 Å². The van der Waals surface area contributed by atoms with Gasteiger partial charge in [-0.15, -0.1) is 0 Å². The van der Waals surface area contributed by atoms with E-state index in [1.165, 1.54) is 11.9 Å². The minimum absolute atomic E-state index is 0.0303.